The Morgan fingerprint density at radius 2 is 2.00 bits per heavy atom. The summed E-state index contributed by atoms with van der Waals surface area (Å²) in [5.74, 6) is -1.00. The minimum atomic E-state index is -0.367. The van der Waals surface area contributed by atoms with E-state index < -0.39 is 0 Å². The number of carbonyl (C=O) groups excluding carboxylic acids is 2. The van der Waals surface area contributed by atoms with Gasteiger partial charge in [-0.3, -0.25) is 9.59 Å². The Labute approximate surface area is 141 Å². The molecule has 0 amide bonds. The molecule has 0 N–H and O–H groups in total. The molecule has 0 radical (unpaired) electrons. The first kappa shape index (κ1) is 17.9. The van der Waals surface area contributed by atoms with Crippen molar-refractivity contribution in [1.29, 1.82) is 0 Å². The van der Waals surface area contributed by atoms with Crippen molar-refractivity contribution in [2.24, 2.45) is 11.8 Å². The number of thioether (sulfide) groups is 1. The van der Waals surface area contributed by atoms with Gasteiger partial charge in [-0.1, -0.05) is 38.5 Å². The number of rotatable bonds is 7. The van der Waals surface area contributed by atoms with Crippen molar-refractivity contribution in [3.8, 4) is 0 Å². The third-order valence-electron chi connectivity index (χ3n) is 4.09. The van der Waals surface area contributed by atoms with Crippen LogP contribution >= 0.6 is 11.8 Å². The van der Waals surface area contributed by atoms with Crippen molar-refractivity contribution in [2.45, 2.75) is 49.9 Å². The zero-order valence-electron chi connectivity index (χ0n) is 13.9. The number of hydrogen-bond donors (Lipinski definition) is 0. The van der Waals surface area contributed by atoms with Crippen LogP contribution in [0.5, 0.6) is 0 Å². The molecule has 0 saturated carbocycles. The Balaban J connectivity index is 2.21. The van der Waals surface area contributed by atoms with E-state index >= 15 is 0 Å². The molecule has 0 bridgehead atoms. The lowest BCUT2D eigenvalue weighted by Gasteiger charge is -2.25. The van der Waals surface area contributed by atoms with Crippen molar-refractivity contribution in [3.05, 3.63) is 30.3 Å². The molecule has 0 spiro atoms. The van der Waals surface area contributed by atoms with Gasteiger partial charge in [-0.15, -0.1) is 11.8 Å². The molecule has 1 aromatic carbocycles. The summed E-state index contributed by atoms with van der Waals surface area (Å²) in [5.41, 5.74) is 0. The highest BCUT2D eigenvalue weighted by Gasteiger charge is 2.49. The SMILES string of the molecule is CCC[C@H]1OC(=O)[C@@H](Sc2ccccc2)[C@@H]1C(C)C(=O)OCC. The highest BCUT2D eigenvalue weighted by atomic mass is 32.2. The molecule has 1 aromatic rings. The molecule has 1 aliphatic heterocycles. The van der Waals surface area contributed by atoms with Gasteiger partial charge in [0, 0.05) is 10.8 Å². The highest BCUT2D eigenvalue weighted by Crippen LogP contribution is 2.42. The zero-order chi connectivity index (χ0) is 16.8. The summed E-state index contributed by atoms with van der Waals surface area (Å²) >= 11 is 1.48. The summed E-state index contributed by atoms with van der Waals surface area (Å²) in [7, 11) is 0. The molecule has 5 heteroatoms. The van der Waals surface area contributed by atoms with Gasteiger partial charge in [0.1, 0.15) is 11.4 Å². The molecule has 1 heterocycles. The van der Waals surface area contributed by atoms with Gasteiger partial charge in [-0.2, -0.15) is 0 Å². The van der Waals surface area contributed by atoms with Gasteiger partial charge in [0.25, 0.3) is 0 Å². The Bertz CT molecular complexity index is 531. The Kier molecular flexibility index (Phi) is 6.51. The third-order valence-corrected chi connectivity index (χ3v) is 5.40. The second-order valence-corrected chi connectivity index (χ2v) is 6.95. The summed E-state index contributed by atoms with van der Waals surface area (Å²) in [6.07, 6.45) is 1.46. The van der Waals surface area contributed by atoms with Crippen molar-refractivity contribution in [3.63, 3.8) is 0 Å². The molecule has 1 aliphatic rings. The molecular formula is C18H24O4S. The predicted octanol–water partition coefficient (Wildman–Crippen LogP) is 3.69. The largest absolute Gasteiger partial charge is 0.466 e. The summed E-state index contributed by atoms with van der Waals surface area (Å²) in [5, 5.41) is -0.367. The number of benzene rings is 1. The van der Waals surface area contributed by atoms with Crippen LogP contribution in [0.3, 0.4) is 0 Å². The van der Waals surface area contributed by atoms with Crippen LogP contribution < -0.4 is 0 Å². The summed E-state index contributed by atoms with van der Waals surface area (Å²) in [6.45, 7) is 6.03. The molecule has 4 atom stereocenters. The smallest absolute Gasteiger partial charge is 0.320 e. The van der Waals surface area contributed by atoms with Crippen molar-refractivity contribution >= 4 is 23.7 Å². The van der Waals surface area contributed by atoms with Gasteiger partial charge in [-0.05, 0) is 25.5 Å². The van der Waals surface area contributed by atoms with Crippen LogP contribution in [0, 0.1) is 11.8 Å². The standard InChI is InChI=1S/C18H24O4S/c1-4-9-14-15(12(3)17(19)21-5-2)16(18(20)22-14)23-13-10-7-6-8-11-13/h6-8,10-12,14-16H,4-5,9H2,1-3H3/t12?,14-,15-,16+/m1/s1. The van der Waals surface area contributed by atoms with E-state index in [1.807, 2.05) is 37.3 Å². The minimum absolute atomic E-state index is 0.160. The maximum absolute atomic E-state index is 12.4. The third kappa shape index (κ3) is 4.28. The van der Waals surface area contributed by atoms with Crippen LogP contribution in [0.25, 0.3) is 0 Å². The molecule has 1 unspecified atom stereocenters. The fourth-order valence-corrected chi connectivity index (χ4v) is 4.30. The monoisotopic (exact) mass is 336 g/mol. The normalized spacial score (nSPS) is 25.0. The fourth-order valence-electron chi connectivity index (χ4n) is 2.97. The Morgan fingerprint density at radius 3 is 2.61 bits per heavy atom. The molecule has 126 valence electrons. The summed E-state index contributed by atoms with van der Waals surface area (Å²) in [6, 6.07) is 9.76. The quantitative estimate of drug-likeness (QED) is 0.711. The average molecular weight is 336 g/mol. The van der Waals surface area contributed by atoms with Gasteiger partial charge in [0.05, 0.1) is 12.5 Å². The van der Waals surface area contributed by atoms with Crippen LogP contribution in [0.4, 0.5) is 0 Å². The Morgan fingerprint density at radius 1 is 1.30 bits per heavy atom. The zero-order valence-corrected chi connectivity index (χ0v) is 14.7. The van der Waals surface area contributed by atoms with E-state index in [0.29, 0.717) is 6.61 Å². The summed E-state index contributed by atoms with van der Waals surface area (Å²) in [4.78, 5) is 25.6. The van der Waals surface area contributed by atoms with E-state index in [1.54, 1.807) is 6.92 Å². The van der Waals surface area contributed by atoms with Crippen molar-refractivity contribution in [2.75, 3.05) is 6.61 Å². The second kappa shape index (κ2) is 8.39. The maximum Gasteiger partial charge on any atom is 0.320 e. The van der Waals surface area contributed by atoms with Gasteiger partial charge in [0.15, 0.2) is 0 Å². The van der Waals surface area contributed by atoms with Gasteiger partial charge >= 0.3 is 11.9 Å². The maximum atomic E-state index is 12.4. The molecule has 0 aromatic heterocycles. The molecule has 23 heavy (non-hydrogen) atoms. The predicted molar refractivity (Wildman–Crippen MR) is 90.2 cm³/mol. The number of esters is 2. The van der Waals surface area contributed by atoms with Crippen LogP contribution in [0.2, 0.25) is 0 Å². The van der Waals surface area contributed by atoms with Crippen LogP contribution in [-0.2, 0) is 19.1 Å². The highest BCUT2D eigenvalue weighted by molar-refractivity contribution is 8.00. The Hall–Kier alpha value is -1.49. The van der Waals surface area contributed by atoms with E-state index in [-0.39, 0.29) is 35.1 Å². The van der Waals surface area contributed by atoms with Gasteiger partial charge in [-0.25, -0.2) is 0 Å². The lowest BCUT2D eigenvalue weighted by atomic mass is 9.86. The fraction of sp³-hybridized carbons (Fsp3) is 0.556. The van der Waals surface area contributed by atoms with Crippen LogP contribution in [0.15, 0.2) is 35.2 Å². The second-order valence-electron chi connectivity index (χ2n) is 5.73. The lowest BCUT2D eigenvalue weighted by molar-refractivity contribution is -0.150. The molecule has 0 aliphatic carbocycles. The van der Waals surface area contributed by atoms with Crippen molar-refractivity contribution < 1.29 is 19.1 Å². The number of ether oxygens (including phenoxy) is 2. The molecule has 4 nitrogen and oxygen atoms in total. The summed E-state index contributed by atoms with van der Waals surface area (Å²) < 4.78 is 10.7. The van der Waals surface area contributed by atoms with Crippen LogP contribution in [0.1, 0.15) is 33.6 Å². The topological polar surface area (TPSA) is 52.6 Å². The average Bonchev–Trinajstić information content (AvgIpc) is 2.84. The van der Waals surface area contributed by atoms with E-state index in [0.717, 1.165) is 17.7 Å². The van der Waals surface area contributed by atoms with Crippen molar-refractivity contribution in [1.82, 2.24) is 0 Å². The number of carbonyl (C=O) groups is 2. The molecule has 2 rings (SSSR count). The first-order valence-corrected chi connectivity index (χ1v) is 9.05. The first-order chi connectivity index (χ1) is 11.1. The van der Waals surface area contributed by atoms with Gasteiger partial charge in [0.2, 0.25) is 0 Å². The number of hydrogen-bond acceptors (Lipinski definition) is 5. The number of cyclic esters (lactones) is 1. The van der Waals surface area contributed by atoms with E-state index in [4.69, 9.17) is 9.47 Å². The van der Waals surface area contributed by atoms with E-state index in [1.165, 1.54) is 11.8 Å². The molecule has 1 fully saturated rings. The molecular weight excluding hydrogens is 312 g/mol. The van der Waals surface area contributed by atoms with E-state index in [2.05, 4.69) is 6.92 Å². The van der Waals surface area contributed by atoms with Crippen LogP contribution in [-0.4, -0.2) is 29.9 Å². The minimum Gasteiger partial charge on any atom is -0.466 e. The lowest BCUT2D eigenvalue weighted by Crippen LogP contribution is -2.34. The van der Waals surface area contributed by atoms with Gasteiger partial charge < -0.3 is 9.47 Å². The first-order valence-electron chi connectivity index (χ1n) is 8.17. The molecule has 1 saturated heterocycles. The van der Waals surface area contributed by atoms with E-state index in [9.17, 15) is 9.59 Å².